The second-order valence-corrected chi connectivity index (χ2v) is 9.85. The summed E-state index contributed by atoms with van der Waals surface area (Å²) in [6.07, 6.45) is 3.75. The highest BCUT2D eigenvalue weighted by atomic mass is 14.5. The van der Waals surface area contributed by atoms with Gasteiger partial charge in [-0.1, -0.05) is 86.6 Å². The number of fused-ring (bicyclic) bond motifs is 3. The van der Waals surface area contributed by atoms with Crippen molar-refractivity contribution >= 4 is 0 Å². The van der Waals surface area contributed by atoms with Crippen molar-refractivity contribution in [1.82, 2.24) is 0 Å². The van der Waals surface area contributed by atoms with Crippen LogP contribution >= 0.6 is 0 Å². The molecule has 0 amide bonds. The maximum Gasteiger partial charge on any atom is -0.00845 e. The van der Waals surface area contributed by atoms with Gasteiger partial charge < -0.3 is 0 Å². The zero-order valence-electron chi connectivity index (χ0n) is 17.5. The lowest BCUT2D eigenvalue weighted by atomic mass is 9.68. The van der Waals surface area contributed by atoms with Crippen LogP contribution in [0.3, 0.4) is 0 Å². The van der Waals surface area contributed by atoms with Crippen molar-refractivity contribution in [2.24, 2.45) is 17.8 Å². The van der Waals surface area contributed by atoms with Gasteiger partial charge in [0.15, 0.2) is 0 Å². The van der Waals surface area contributed by atoms with Gasteiger partial charge in [0.2, 0.25) is 0 Å². The standard InChI is InChI=1S/C29H30/c1-18-15-20-9-4-7-13-24(20)28(18)27-17-22-11-5-8-14-25(22)29(27)26-16-21-10-3-6-12-23(21)19(26)2/h3-14,18-19,26-29H,15-17H2,1-2H3. The van der Waals surface area contributed by atoms with Gasteiger partial charge >= 0.3 is 0 Å². The van der Waals surface area contributed by atoms with Crippen LogP contribution in [0.15, 0.2) is 72.8 Å². The third-order valence-electron chi connectivity index (χ3n) is 8.47. The predicted octanol–water partition coefficient (Wildman–Crippen LogP) is 6.89. The minimum atomic E-state index is 0.650. The van der Waals surface area contributed by atoms with Crippen LogP contribution in [0, 0.1) is 17.8 Å². The first kappa shape index (κ1) is 17.5. The quantitative estimate of drug-likeness (QED) is 0.455. The summed E-state index contributed by atoms with van der Waals surface area (Å²) in [7, 11) is 0. The Morgan fingerprint density at radius 2 is 1.00 bits per heavy atom. The van der Waals surface area contributed by atoms with Crippen LogP contribution in [-0.4, -0.2) is 0 Å². The maximum atomic E-state index is 2.50. The van der Waals surface area contributed by atoms with Crippen molar-refractivity contribution in [3.05, 3.63) is 106 Å². The predicted molar refractivity (Wildman–Crippen MR) is 120 cm³/mol. The van der Waals surface area contributed by atoms with Crippen LogP contribution in [0.4, 0.5) is 0 Å². The second kappa shape index (κ2) is 6.59. The van der Waals surface area contributed by atoms with Gasteiger partial charge in [0.25, 0.3) is 0 Å². The molecular formula is C29H30. The lowest BCUT2D eigenvalue weighted by Gasteiger charge is -2.35. The van der Waals surface area contributed by atoms with E-state index in [9.17, 15) is 0 Å². The molecule has 3 aliphatic rings. The molecular weight excluding hydrogens is 348 g/mol. The molecule has 0 spiro atoms. The van der Waals surface area contributed by atoms with Gasteiger partial charge in [-0.05, 0) is 88.2 Å². The fourth-order valence-electron chi connectivity index (χ4n) is 7.30. The Bertz CT molecular complexity index is 1060. The van der Waals surface area contributed by atoms with Crippen molar-refractivity contribution in [2.45, 2.75) is 50.9 Å². The van der Waals surface area contributed by atoms with Crippen molar-refractivity contribution in [2.75, 3.05) is 0 Å². The van der Waals surface area contributed by atoms with E-state index in [1.54, 1.807) is 33.4 Å². The Kier molecular flexibility index (Phi) is 3.98. The molecule has 6 rings (SSSR count). The van der Waals surface area contributed by atoms with E-state index < -0.39 is 0 Å². The van der Waals surface area contributed by atoms with Crippen LogP contribution < -0.4 is 0 Å². The molecule has 3 aliphatic carbocycles. The molecule has 29 heavy (non-hydrogen) atoms. The number of rotatable bonds is 2. The molecule has 0 radical (unpaired) electrons. The summed E-state index contributed by atoms with van der Waals surface area (Å²) in [5.41, 5.74) is 9.70. The van der Waals surface area contributed by atoms with Crippen LogP contribution in [0.1, 0.15) is 65.0 Å². The molecule has 0 N–H and O–H groups in total. The van der Waals surface area contributed by atoms with E-state index in [1.165, 1.54) is 19.3 Å². The highest BCUT2D eigenvalue weighted by Crippen LogP contribution is 2.58. The van der Waals surface area contributed by atoms with Gasteiger partial charge in [-0.15, -0.1) is 0 Å². The lowest BCUT2D eigenvalue weighted by molar-refractivity contribution is 0.243. The third kappa shape index (κ3) is 2.58. The second-order valence-electron chi connectivity index (χ2n) is 9.85. The normalized spacial score (nSPS) is 32.1. The summed E-state index contributed by atoms with van der Waals surface area (Å²) in [6, 6.07) is 27.9. The average Bonchev–Trinajstić information content (AvgIpc) is 3.38. The zero-order chi connectivity index (χ0) is 19.5. The van der Waals surface area contributed by atoms with E-state index in [0.717, 1.165) is 17.8 Å². The highest BCUT2D eigenvalue weighted by Gasteiger charge is 2.48. The summed E-state index contributed by atoms with van der Waals surface area (Å²) in [5, 5.41) is 0. The molecule has 0 nitrogen and oxygen atoms in total. The molecule has 0 fully saturated rings. The molecule has 0 heterocycles. The lowest BCUT2D eigenvalue weighted by Crippen LogP contribution is -2.27. The fourth-order valence-corrected chi connectivity index (χ4v) is 7.30. The number of hydrogen-bond acceptors (Lipinski definition) is 0. The highest BCUT2D eigenvalue weighted by molar-refractivity contribution is 5.45. The van der Waals surface area contributed by atoms with Crippen molar-refractivity contribution < 1.29 is 0 Å². The van der Waals surface area contributed by atoms with Crippen LogP contribution in [0.5, 0.6) is 0 Å². The SMILES string of the molecule is CC1Cc2ccccc2C1C1Cc2ccccc2C1C1Cc2ccccc2C1C. The first-order valence-corrected chi connectivity index (χ1v) is 11.5. The molecule has 0 bridgehead atoms. The largest absolute Gasteiger partial charge is 0.0620 e. The Hall–Kier alpha value is -2.34. The van der Waals surface area contributed by atoms with Gasteiger partial charge in [-0.25, -0.2) is 0 Å². The molecule has 0 saturated heterocycles. The van der Waals surface area contributed by atoms with E-state index in [2.05, 4.69) is 86.6 Å². The van der Waals surface area contributed by atoms with Crippen molar-refractivity contribution in [3.63, 3.8) is 0 Å². The third-order valence-corrected chi connectivity index (χ3v) is 8.47. The summed E-state index contributed by atoms with van der Waals surface area (Å²) < 4.78 is 0. The average molecular weight is 379 g/mol. The minimum absolute atomic E-state index is 0.650. The van der Waals surface area contributed by atoms with Crippen molar-refractivity contribution in [1.29, 1.82) is 0 Å². The molecule has 6 atom stereocenters. The van der Waals surface area contributed by atoms with Crippen LogP contribution in [0.2, 0.25) is 0 Å². The zero-order valence-corrected chi connectivity index (χ0v) is 17.5. The van der Waals surface area contributed by atoms with Gasteiger partial charge in [-0.2, -0.15) is 0 Å². The fraction of sp³-hybridized carbons (Fsp3) is 0.379. The van der Waals surface area contributed by atoms with E-state index in [0.29, 0.717) is 17.8 Å². The Morgan fingerprint density at radius 1 is 0.517 bits per heavy atom. The summed E-state index contributed by atoms with van der Waals surface area (Å²) in [4.78, 5) is 0. The van der Waals surface area contributed by atoms with Gasteiger partial charge in [0.05, 0.1) is 0 Å². The molecule has 3 aromatic carbocycles. The maximum absolute atomic E-state index is 2.50. The van der Waals surface area contributed by atoms with E-state index in [4.69, 9.17) is 0 Å². The summed E-state index contributed by atoms with van der Waals surface area (Å²) in [6.45, 7) is 4.98. The van der Waals surface area contributed by atoms with Crippen LogP contribution in [0.25, 0.3) is 0 Å². The van der Waals surface area contributed by atoms with Gasteiger partial charge in [0.1, 0.15) is 0 Å². The molecule has 6 unspecified atom stereocenters. The Labute approximate surface area is 175 Å². The Morgan fingerprint density at radius 3 is 1.66 bits per heavy atom. The smallest absolute Gasteiger partial charge is 0.00845 e. The molecule has 0 heteroatoms. The molecule has 146 valence electrons. The first-order valence-electron chi connectivity index (χ1n) is 11.5. The minimum Gasteiger partial charge on any atom is -0.0620 e. The molecule has 0 aliphatic heterocycles. The van der Waals surface area contributed by atoms with E-state index in [1.807, 2.05) is 0 Å². The van der Waals surface area contributed by atoms with Crippen LogP contribution in [-0.2, 0) is 19.3 Å². The number of benzene rings is 3. The summed E-state index contributed by atoms with van der Waals surface area (Å²) >= 11 is 0. The summed E-state index contributed by atoms with van der Waals surface area (Å²) in [5.74, 6) is 4.21. The monoisotopic (exact) mass is 378 g/mol. The van der Waals surface area contributed by atoms with Gasteiger partial charge in [0, 0.05) is 0 Å². The molecule has 0 aromatic heterocycles. The topological polar surface area (TPSA) is 0 Å². The molecule has 3 aromatic rings. The number of hydrogen-bond donors (Lipinski definition) is 0. The van der Waals surface area contributed by atoms with E-state index in [-0.39, 0.29) is 0 Å². The molecule has 0 saturated carbocycles. The first-order chi connectivity index (χ1) is 14.2. The van der Waals surface area contributed by atoms with E-state index >= 15 is 0 Å². The Balaban J connectivity index is 1.45. The van der Waals surface area contributed by atoms with Crippen molar-refractivity contribution in [3.8, 4) is 0 Å². The van der Waals surface area contributed by atoms with Gasteiger partial charge in [-0.3, -0.25) is 0 Å².